The van der Waals surface area contributed by atoms with Gasteiger partial charge in [0.05, 0.1) is 25.7 Å². The van der Waals surface area contributed by atoms with Gasteiger partial charge in [0.1, 0.15) is 11.8 Å². The zero-order valence-electron chi connectivity index (χ0n) is 32.2. The van der Waals surface area contributed by atoms with Crippen LogP contribution in [0.25, 0.3) is 0 Å². The van der Waals surface area contributed by atoms with Crippen molar-refractivity contribution in [1.82, 2.24) is 31.9 Å². The SMILES string of the molecule is C1CCCCC1.CCCCC(NC(=O)C(Cc1cccc(OCC)c1)NC(=O)CNC(=O)NCCC)C(=O)C(=O)NCC(=O)NC(C(=O)O)c1ccccc1. The first-order chi connectivity index (χ1) is 26.5. The van der Waals surface area contributed by atoms with Crippen molar-refractivity contribution in [3.8, 4) is 5.75 Å². The molecule has 2 aromatic rings. The van der Waals surface area contributed by atoms with E-state index in [1.54, 1.807) is 42.5 Å². The summed E-state index contributed by atoms with van der Waals surface area (Å²) in [6.45, 7) is 5.26. The number of hydrogen-bond acceptors (Lipinski definition) is 8. The number of carboxylic acids is 1. The number of ether oxygens (including phenoxy) is 1. The second-order valence-corrected chi connectivity index (χ2v) is 13.1. The van der Waals surface area contributed by atoms with E-state index >= 15 is 0 Å². The second kappa shape index (κ2) is 26.3. The molecule has 0 radical (unpaired) electrons. The fourth-order valence-electron chi connectivity index (χ4n) is 5.64. The molecular formula is C40H58N6O9. The van der Waals surface area contributed by atoms with Gasteiger partial charge in [0, 0.05) is 13.0 Å². The molecule has 1 aliphatic rings. The van der Waals surface area contributed by atoms with Crippen molar-refractivity contribution < 1.29 is 43.4 Å². The molecule has 1 fully saturated rings. The Morgan fingerprint density at radius 1 is 0.709 bits per heavy atom. The number of unbranched alkanes of at least 4 members (excludes halogenated alkanes) is 1. The maximum Gasteiger partial charge on any atom is 0.330 e. The third-order valence-corrected chi connectivity index (χ3v) is 8.54. The molecule has 6 amide bonds. The predicted octanol–water partition coefficient (Wildman–Crippen LogP) is 3.46. The smallest absolute Gasteiger partial charge is 0.330 e. The van der Waals surface area contributed by atoms with Crippen molar-refractivity contribution in [2.75, 3.05) is 26.2 Å². The number of carbonyl (C=O) groups is 7. The predicted molar refractivity (Wildman–Crippen MR) is 207 cm³/mol. The summed E-state index contributed by atoms with van der Waals surface area (Å²) in [4.78, 5) is 88.6. The van der Waals surface area contributed by atoms with Gasteiger partial charge in [0.2, 0.25) is 23.5 Å². The third kappa shape index (κ3) is 18.4. The van der Waals surface area contributed by atoms with E-state index in [1.807, 2.05) is 20.8 Å². The van der Waals surface area contributed by atoms with E-state index in [-0.39, 0.29) is 12.8 Å². The number of carbonyl (C=O) groups excluding carboxylic acids is 6. The highest BCUT2D eigenvalue weighted by atomic mass is 16.5. The minimum absolute atomic E-state index is 0.00622. The summed E-state index contributed by atoms with van der Waals surface area (Å²) in [7, 11) is 0. The standard InChI is InChI=1S/C34H46N6O9.C6H12/c1-4-7-16-25(30(43)32(45)36-20-28(42)40-29(33(46)47)23-13-9-8-10-14-23)39-31(44)26(19-22-12-11-15-24(18-22)49-6-3)38-27(41)21-37-34(48)35-17-5-2;1-2-4-6-5-3-1/h8-15,18,25-26,29H,4-7,16-17,19-21H2,1-3H3,(H,36,45)(H,38,41)(H,39,44)(H,40,42)(H,46,47)(H2,35,37,48);1-6H2. The Morgan fingerprint density at radius 3 is 1.95 bits per heavy atom. The van der Waals surface area contributed by atoms with E-state index in [4.69, 9.17) is 4.74 Å². The number of benzene rings is 2. The van der Waals surface area contributed by atoms with E-state index in [9.17, 15) is 38.7 Å². The van der Waals surface area contributed by atoms with Crippen LogP contribution in [0, 0.1) is 0 Å². The first-order valence-electron chi connectivity index (χ1n) is 19.2. The number of Topliss-reactive ketones (excluding diaryl/α,β-unsaturated/α-hetero) is 1. The molecule has 1 saturated carbocycles. The van der Waals surface area contributed by atoms with E-state index < -0.39 is 72.6 Å². The molecule has 7 N–H and O–H groups in total. The van der Waals surface area contributed by atoms with Crippen molar-refractivity contribution in [1.29, 1.82) is 0 Å². The Balaban J connectivity index is 0.00000158. The van der Waals surface area contributed by atoms with Crippen molar-refractivity contribution in [2.24, 2.45) is 0 Å². The van der Waals surface area contributed by atoms with E-state index in [2.05, 4.69) is 31.9 Å². The first-order valence-corrected chi connectivity index (χ1v) is 19.2. The molecule has 0 bridgehead atoms. The first kappa shape index (κ1) is 45.7. The lowest BCUT2D eigenvalue weighted by atomic mass is 10.0. The van der Waals surface area contributed by atoms with E-state index in [0.717, 1.165) is 0 Å². The number of aliphatic carboxylic acids is 1. The quantitative estimate of drug-likeness (QED) is 0.0924. The van der Waals surface area contributed by atoms with E-state index in [0.29, 0.717) is 49.3 Å². The van der Waals surface area contributed by atoms with Crippen molar-refractivity contribution in [2.45, 2.75) is 110 Å². The molecular weight excluding hydrogens is 708 g/mol. The van der Waals surface area contributed by atoms with Crippen LogP contribution in [0.3, 0.4) is 0 Å². The molecule has 55 heavy (non-hydrogen) atoms. The van der Waals surface area contributed by atoms with Gasteiger partial charge in [-0.05, 0) is 43.0 Å². The molecule has 2 aromatic carbocycles. The number of carboxylic acid groups (broad SMARTS) is 1. The molecule has 0 spiro atoms. The number of amides is 6. The van der Waals surface area contributed by atoms with Crippen LogP contribution >= 0.6 is 0 Å². The van der Waals surface area contributed by atoms with Gasteiger partial charge < -0.3 is 41.7 Å². The molecule has 302 valence electrons. The van der Waals surface area contributed by atoms with Crippen LogP contribution in [-0.4, -0.2) is 84.8 Å². The van der Waals surface area contributed by atoms with Gasteiger partial charge in [-0.25, -0.2) is 9.59 Å². The van der Waals surface area contributed by atoms with Crippen LogP contribution in [0.4, 0.5) is 4.79 Å². The maximum atomic E-state index is 13.6. The van der Waals surface area contributed by atoms with Crippen molar-refractivity contribution >= 4 is 41.4 Å². The lowest BCUT2D eigenvalue weighted by Gasteiger charge is -2.23. The number of ketones is 1. The van der Waals surface area contributed by atoms with Crippen LogP contribution in [0.5, 0.6) is 5.75 Å². The van der Waals surface area contributed by atoms with Crippen LogP contribution in [0.1, 0.15) is 102 Å². The summed E-state index contributed by atoms with van der Waals surface area (Å²) in [5, 5.41) is 24.2. The molecule has 3 atom stereocenters. The minimum Gasteiger partial charge on any atom is -0.494 e. The normalized spacial score (nSPS) is 13.6. The van der Waals surface area contributed by atoms with Crippen LogP contribution in [0.2, 0.25) is 0 Å². The molecule has 15 heteroatoms. The molecule has 0 heterocycles. The highest BCUT2D eigenvalue weighted by molar-refractivity contribution is 6.38. The van der Waals surface area contributed by atoms with Crippen molar-refractivity contribution in [3.63, 3.8) is 0 Å². The van der Waals surface area contributed by atoms with Gasteiger partial charge >= 0.3 is 12.0 Å². The number of rotatable bonds is 21. The summed E-state index contributed by atoms with van der Waals surface area (Å²) in [5.74, 6) is -5.21. The Labute approximate surface area is 323 Å². The molecule has 3 rings (SSSR count). The van der Waals surface area contributed by atoms with Gasteiger partial charge in [-0.2, -0.15) is 0 Å². The van der Waals surface area contributed by atoms with Crippen LogP contribution in [0.15, 0.2) is 54.6 Å². The van der Waals surface area contributed by atoms with Crippen LogP contribution < -0.4 is 36.6 Å². The monoisotopic (exact) mass is 766 g/mol. The van der Waals surface area contributed by atoms with Gasteiger partial charge in [-0.3, -0.25) is 24.0 Å². The lowest BCUT2D eigenvalue weighted by molar-refractivity contribution is -0.142. The van der Waals surface area contributed by atoms with Gasteiger partial charge in [0.15, 0.2) is 6.04 Å². The minimum atomic E-state index is -1.37. The molecule has 0 aliphatic heterocycles. The number of nitrogens with one attached hydrogen (secondary N) is 6. The third-order valence-electron chi connectivity index (χ3n) is 8.54. The molecule has 1 aliphatic carbocycles. The highest BCUT2D eigenvalue weighted by Crippen LogP contribution is 2.16. The van der Waals surface area contributed by atoms with Gasteiger partial charge in [-0.15, -0.1) is 0 Å². The average Bonchev–Trinajstić information content (AvgIpc) is 3.19. The largest absolute Gasteiger partial charge is 0.494 e. The fraction of sp³-hybridized carbons (Fsp3) is 0.525. The summed E-state index contributed by atoms with van der Waals surface area (Å²) < 4.78 is 5.54. The Morgan fingerprint density at radius 2 is 1.35 bits per heavy atom. The summed E-state index contributed by atoms with van der Waals surface area (Å²) in [6.07, 6.45) is 10.9. The fourth-order valence-corrected chi connectivity index (χ4v) is 5.64. The van der Waals surface area contributed by atoms with Gasteiger partial charge in [-0.1, -0.05) is 108 Å². The Kier molecular flexibility index (Phi) is 21.9. The highest BCUT2D eigenvalue weighted by Gasteiger charge is 2.31. The zero-order valence-corrected chi connectivity index (χ0v) is 32.2. The topological polar surface area (TPSA) is 221 Å². The maximum absolute atomic E-state index is 13.6. The van der Waals surface area contributed by atoms with E-state index in [1.165, 1.54) is 50.7 Å². The number of urea groups is 1. The number of hydrogen-bond donors (Lipinski definition) is 7. The molecule has 15 nitrogen and oxygen atoms in total. The lowest BCUT2D eigenvalue weighted by Crippen LogP contribution is -2.56. The molecule has 0 aromatic heterocycles. The van der Waals surface area contributed by atoms with Crippen LogP contribution in [-0.2, 0) is 35.2 Å². The summed E-state index contributed by atoms with van der Waals surface area (Å²) in [5.41, 5.74) is 0.949. The average molecular weight is 767 g/mol. The Bertz CT molecular complexity index is 1520. The van der Waals surface area contributed by atoms with Gasteiger partial charge in [0.25, 0.3) is 5.91 Å². The van der Waals surface area contributed by atoms with Crippen molar-refractivity contribution in [3.05, 3.63) is 65.7 Å². The molecule has 0 saturated heterocycles. The second-order valence-electron chi connectivity index (χ2n) is 13.1. The Hall–Kier alpha value is -5.47. The zero-order chi connectivity index (χ0) is 40.4. The molecule has 3 unspecified atom stereocenters. The summed E-state index contributed by atoms with van der Waals surface area (Å²) >= 11 is 0. The summed E-state index contributed by atoms with van der Waals surface area (Å²) in [6, 6.07) is 10.4.